The molecule has 0 saturated carbocycles. The Morgan fingerprint density at radius 3 is 2.22 bits per heavy atom. The van der Waals surface area contributed by atoms with Crippen molar-refractivity contribution in [3.8, 4) is 5.75 Å². The molecule has 0 unspecified atom stereocenters. The number of alkyl halides is 3. The van der Waals surface area contributed by atoms with Gasteiger partial charge in [0.2, 0.25) is 0 Å². The number of hydrogen-bond acceptors (Lipinski definition) is 5. The third kappa shape index (κ3) is 6.06. The highest BCUT2D eigenvalue weighted by Crippen LogP contribution is 2.30. The van der Waals surface area contributed by atoms with Crippen molar-refractivity contribution in [3.05, 3.63) is 54.3 Å². The van der Waals surface area contributed by atoms with Crippen LogP contribution in [-0.2, 0) is 14.3 Å². The second-order valence-electron chi connectivity index (χ2n) is 6.33. The van der Waals surface area contributed by atoms with Gasteiger partial charge in [-0.2, -0.15) is 13.2 Å². The van der Waals surface area contributed by atoms with Crippen molar-refractivity contribution in [1.82, 2.24) is 0 Å². The van der Waals surface area contributed by atoms with Gasteiger partial charge >= 0.3 is 18.1 Å². The molecule has 8 nitrogen and oxygen atoms in total. The normalized spacial score (nSPS) is 11.4. The standard InChI is InChI=1S/C21H22F3N3O5/c1-27(19(28)21(22,23)24)15-7-5-6-13(10-15)25-20(29)26-14-8-9-16(17(11-14)31-3)18(32-4)12-30-2/h5-12H,1-4H3,(H2,25,26,29)/b18-12-. The first kappa shape index (κ1) is 24.4. The zero-order valence-electron chi connectivity index (χ0n) is 17.7. The molecule has 0 radical (unpaired) electrons. The maximum Gasteiger partial charge on any atom is 0.471 e. The Morgan fingerprint density at radius 2 is 1.66 bits per heavy atom. The van der Waals surface area contributed by atoms with E-state index in [-0.39, 0.29) is 11.4 Å². The van der Waals surface area contributed by atoms with E-state index in [1.54, 1.807) is 18.2 Å². The number of anilines is 3. The van der Waals surface area contributed by atoms with E-state index in [1.807, 2.05) is 0 Å². The number of rotatable bonds is 7. The monoisotopic (exact) mass is 453 g/mol. The lowest BCUT2D eigenvalue weighted by Crippen LogP contribution is -2.38. The van der Waals surface area contributed by atoms with Crippen LogP contribution in [0.15, 0.2) is 48.7 Å². The zero-order chi connectivity index (χ0) is 23.9. The number of nitrogens with zero attached hydrogens (tertiary/aromatic N) is 1. The SMILES string of the molecule is CO/C=C(\OC)c1ccc(NC(=O)Nc2cccc(N(C)C(=O)C(F)(F)F)c2)cc1OC. The number of carbonyl (C=O) groups is 2. The van der Waals surface area contributed by atoms with Gasteiger partial charge in [-0.05, 0) is 30.3 Å². The molecule has 2 rings (SSSR count). The lowest BCUT2D eigenvalue weighted by molar-refractivity contribution is -0.170. The van der Waals surface area contributed by atoms with Crippen molar-refractivity contribution < 1.29 is 37.0 Å². The van der Waals surface area contributed by atoms with Gasteiger partial charge in [0.15, 0.2) is 5.76 Å². The fourth-order valence-corrected chi connectivity index (χ4v) is 2.69. The largest absolute Gasteiger partial charge is 0.500 e. The number of methoxy groups -OCH3 is 3. The molecule has 0 heterocycles. The van der Waals surface area contributed by atoms with Gasteiger partial charge in [0.1, 0.15) is 12.0 Å². The van der Waals surface area contributed by atoms with Crippen molar-refractivity contribution in [2.24, 2.45) is 0 Å². The molecule has 0 aliphatic rings. The van der Waals surface area contributed by atoms with Crippen LogP contribution >= 0.6 is 0 Å². The zero-order valence-corrected chi connectivity index (χ0v) is 17.7. The number of halogens is 3. The van der Waals surface area contributed by atoms with Crippen molar-refractivity contribution >= 4 is 34.8 Å². The maximum atomic E-state index is 12.6. The van der Waals surface area contributed by atoms with Crippen LogP contribution in [0, 0.1) is 0 Å². The Labute approximate surface area is 182 Å². The van der Waals surface area contributed by atoms with Crippen molar-refractivity contribution in [2.45, 2.75) is 6.18 Å². The molecular weight excluding hydrogens is 431 g/mol. The van der Waals surface area contributed by atoms with Crippen molar-refractivity contribution in [3.63, 3.8) is 0 Å². The summed E-state index contributed by atoms with van der Waals surface area (Å²) in [6, 6.07) is 9.61. The first-order valence-electron chi connectivity index (χ1n) is 9.09. The quantitative estimate of drug-likeness (QED) is 0.605. The van der Waals surface area contributed by atoms with E-state index in [0.717, 1.165) is 7.05 Å². The van der Waals surface area contributed by atoms with E-state index in [0.29, 0.717) is 27.7 Å². The van der Waals surface area contributed by atoms with Crippen LogP contribution in [0.4, 0.5) is 35.0 Å². The van der Waals surface area contributed by atoms with E-state index in [9.17, 15) is 22.8 Å². The fourth-order valence-electron chi connectivity index (χ4n) is 2.69. The van der Waals surface area contributed by atoms with E-state index >= 15 is 0 Å². The first-order chi connectivity index (χ1) is 15.1. The third-order valence-corrected chi connectivity index (χ3v) is 4.21. The lowest BCUT2D eigenvalue weighted by Gasteiger charge is -2.19. The molecule has 0 atom stereocenters. The molecule has 0 aliphatic carbocycles. The predicted octanol–water partition coefficient (Wildman–Crippen LogP) is 4.46. The van der Waals surface area contributed by atoms with E-state index < -0.39 is 18.1 Å². The van der Waals surface area contributed by atoms with Crippen molar-refractivity contribution in [1.29, 1.82) is 0 Å². The lowest BCUT2D eigenvalue weighted by atomic mass is 10.1. The second-order valence-corrected chi connectivity index (χ2v) is 6.33. The molecule has 2 aromatic carbocycles. The van der Waals surface area contributed by atoms with Gasteiger partial charge < -0.3 is 29.7 Å². The van der Waals surface area contributed by atoms with Gasteiger partial charge in [-0.15, -0.1) is 0 Å². The molecule has 0 saturated heterocycles. The highest BCUT2D eigenvalue weighted by Gasteiger charge is 2.41. The Balaban J connectivity index is 2.15. The van der Waals surface area contributed by atoms with Gasteiger partial charge in [-0.25, -0.2) is 4.79 Å². The van der Waals surface area contributed by atoms with Gasteiger partial charge in [0, 0.05) is 30.2 Å². The molecule has 0 bridgehead atoms. The summed E-state index contributed by atoms with van der Waals surface area (Å²) in [7, 11) is 5.39. The number of carbonyl (C=O) groups excluding carboxylic acids is 2. The third-order valence-electron chi connectivity index (χ3n) is 4.21. The number of amides is 3. The number of nitrogens with one attached hydrogen (secondary N) is 2. The smallest absolute Gasteiger partial charge is 0.471 e. The molecule has 0 aliphatic heterocycles. The summed E-state index contributed by atoms with van der Waals surface area (Å²) < 4.78 is 53.5. The molecule has 0 fully saturated rings. The van der Waals surface area contributed by atoms with Crippen LogP contribution in [0.25, 0.3) is 5.76 Å². The molecule has 0 aromatic heterocycles. The van der Waals surface area contributed by atoms with Gasteiger partial charge in [-0.3, -0.25) is 4.79 Å². The number of urea groups is 1. The Kier molecular flexibility index (Phi) is 7.94. The average molecular weight is 453 g/mol. The number of ether oxygens (including phenoxy) is 3. The molecule has 172 valence electrons. The number of benzene rings is 2. The van der Waals surface area contributed by atoms with E-state index in [4.69, 9.17) is 14.2 Å². The Hall–Kier alpha value is -3.89. The summed E-state index contributed by atoms with van der Waals surface area (Å²) in [4.78, 5) is 24.2. The fraction of sp³-hybridized carbons (Fsp3) is 0.238. The summed E-state index contributed by atoms with van der Waals surface area (Å²) in [5.74, 6) is -1.21. The average Bonchev–Trinajstić information content (AvgIpc) is 2.76. The van der Waals surface area contributed by atoms with Crippen LogP contribution in [0.3, 0.4) is 0 Å². The summed E-state index contributed by atoms with van der Waals surface area (Å²) >= 11 is 0. The Morgan fingerprint density at radius 1 is 1.00 bits per heavy atom. The highest BCUT2D eigenvalue weighted by atomic mass is 19.4. The summed E-state index contributed by atoms with van der Waals surface area (Å²) in [5, 5.41) is 5.10. The minimum Gasteiger partial charge on any atom is -0.500 e. The van der Waals surface area contributed by atoms with Gasteiger partial charge in [0.05, 0.1) is 26.9 Å². The summed E-state index contributed by atoms with van der Waals surface area (Å²) in [6.07, 6.45) is -3.62. The van der Waals surface area contributed by atoms with E-state index in [2.05, 4.69) is 10.6 Å². The second kappa shape index (κ2) is 10.4. The molecule has 3 amide bonds. The first-order valence-corrected chi connectivity index (χ1v) is 9.09. The molecule has 2 aromatic rings. The van der Waals surface area contributed by atoms with Crippen LogP contribution in [0.5, 0.6) is 5.75 Å². The van der Waals surface area contributed by atoms with Crippen LogP contribution in [0.2, 0.25) is 0 Å². The van der Waals surface area contributed by atoms with Crippen molar-refractivity contribution in [2.75, 3.05) is 43.9 Å². The Bertz CT molecular complexity index is 1010. The van der Waals surface area contributed by atoms with Crippen LogP contribution < -0.4 is 20.3 Å². The topological polar surface area (TPSA) is 89.1 Å². The molecule has 11 heteroatoms. The molecule has 32 heavy (non-hydrogen) atoms. The van der Waals surface area contributed by atoms with Gasteiger partial charge in [-0.1, -0.05) is 6.07 Å². The predicted molar refractivity (Wildman–Crippen MR) is 114 cm³/mol. The molecule has 2 N–H and O–H groups in total. The molecule has 0 spiro atoms. The minimum atomic E-state index is -5.01. The van der Waals surface area contributed by atoms with Crippen LogP contribution in [0.1, 0.15) is 5.56 Å². The summed E-state index contributed by atoms with van der Waals surface area (Å²) in [6.45, 7) is 0. The van der Waals surface area contributed by atoms with E-state index in [1.165, 1.54) is 51.9 Å². The van der Waals surface area contributed by atoms with Gasteiger partial charge in [0.25, 0.3) is 0 Å². The van der Waals surface area contributed by atoms with Crippen LogP contribution in [-0.4, -0.2) is 46.5 Å². The number of hydrogen-bond donors (Lipinski definition) is 2. The minimum absolute atomic E-state index is 0.0341. The summed E-state index contributed by atoms with van der Waals surface area (Å²) in [5.41, 5.74) is 1.13. The maximum absolute atomic E-state index is 12.6. The molecular formula is C21H22F3N3O5. The highest BCUT2D eigenvalue weighted by molar-refractivity contribution is 6.01.